The van der Waals surface area contributed by atoms with E-state index < -0.39 is 0 Å². The molecular weight excluding hydrogens is 648 g/mol. The van der Waals surface area contributed by atoms with Crippen LogP contribution in [0.2, 0.25) is 0 Å². The molecule has 0 amide bonds. The van der Waals surface area contributed by atoms with Crippen molar-refractivity contribution in [2.24, 2.45) is 0 Å². The van der Waals surface area contributed by atoms with Crippen molar-refractivity contribution in [3.63, 3.8) is 0 Å². The second-order valence-electron chi connectivity index (χ2n) is 3.90. The molecule has 6 heteroatoms. The van der Waals surface area contributed by atoms with Crippen LogP contribution in [0.5, 0.6) is 0 Å². The van der Waals surface area contributed by atoms with Gasteiger partial charge in [-0.15, -0.1) is 0 Å². The highest BCUT2D eigenvalue weighted by Crippen LogP contribution is 2.34. The van der Waals surface area contributed by atoms with E-state index in [4.69, 9.17) is 0 Å². The fourth-order valence-electron chi connectivity index (χ4n) is 1.59. The number of halogens is 6. The molecule has 20 heavy (non-hydrogen) atoms. The van der Waals surface area contributed by atoms with Crippen LogP contribution in [0.15, 0.2) is 51.1 Å². The molecule has 0 saturated carbocycles. The van der Waals surface area contributed by atoms with Gasteiger partial charge in [-0.05, 0) is 24.3 Å². The van der Waals surface area contributed by atoms with Crippen LogP contribution in [0.25, 0.3) is 12.2 Å². The van der Waals surface area contributed by atoms with Gasteiger partial charge in [-0.1, -0.05) is 108 Å². The molecule has 0 unspecified atom stereocenters. The highest BCUT2D eigenvalue weighted by atomic mass is 79.9. The van der Waals surface area contributed by atoms with Gasteiger partial charge in [-0.25, -0.2) is 0 Å². The molecule has 0 radical (unpaired) electrons. The molecule has 0 aliphatic heterocycles. The van der Waals surface area contributed by atoms with Gasteiger partial charge in [-0.2, -0.15) is 0 Å². The Morgan fingerprint density at radius 2 is 0.750 bits per heavy atom. The van der Waals surface area contributed by atoms with Crippen LogP contribution >= 0.6 is 95.6 Å². The first-order chi connectivity index (χ1) is 9.38. The Morgan fingerprint density at radius 3 is 1.00 bits per heavy atom. The minimum atomic E-state index is 1.03. The monoisotopic (exact) mass is 648 g/mol. The number of hydrogen-bond donors (Lipinski definition) is 0. The first-order valence-electron chi connectivity index (χ1n) is 5.35. The summed E-state index contributed by atoms with van der Waals surface area (Å²) in [7, 11) is 0. The minimum absolute atomic E-state index is 1.03. The molecule has 0 bridgehead atoms. The van der Waals surface area contributed by atoms with Gasteiger partial charge in [0.15, 0.2) is 0 Å². The SMILES string of the molecule is Brc1cc(Br)c(/C=C\c2c(Br)cc(Br)cc2Br)c(Br)c1. The van der Waals surface area contributed by atoms with E-state index in [1.807, 2.05) is 24.3 Å². The highest BCUT2D eigenvalue weighted by molar-refractivity contribution is 9.12. The lowest BCUT2D eigenvalue weighted by Crippen LogP contribution is -1.82. The summed E-state index contributed by atoms with van der Waals surface area (Å²) in [5.41, 5.74) is 2.19. The van der Waals surface area contributed by atoms with Crippen LogP contribution in [-0.2, 0) is 0 Å². The zero-order valence-electron chi connectivity index (χ0n) is 9.73. The molecule has 0 saturated heterocycles. The summed E-state index contributed by atoms with van der Waals surface area (Å²) in [6.45, 7) is 0. The fourth-order valence-corrected chi connectivity index (χ4v) is 6.64. The van der Waals surface area contributed by atoms with E-state index in [1.54, 1.807) is 0 Å². The van der Waals surface area contributed by atoms with E-state index >= 15 is 0 Å². The number of hydrogen-bond acceptors (Lipinski definition) is 0. The Morgan fingerprint density at radius 1 is 0.500 bits per heavy atom. The third-order valence-corrected chi connectivity index (χ3v) is 6.04. The van der Waals surface area contributed by atoms with Gasteiger partial charge in [0.1, 0.15) is 0 Å². The normalized spacial score (nSPS) is 11.3. The summed E-state index contributed by atoms with van der Waals surface area (Å²) < 4.78 is 6.16. The zero-order valence-corrected chi connectivity index (χ0v) is 19.2. The Balaban J connectivity index is 2.45. The summed E-state index contributed by atoms with van der Waals surface area (Å²) >= 11 is 21.3. The molecule has 0 atom stereocenters. The predicted octanol–water partition coefficient (Wildman–Crippen LogP) is 8.43. The van der Waals surface area contributed by atoms with Crippen molar-refractivity contribution >= 4 is 108 Å². The zero-order chi connectivity index (χ0) is 14.9. The molecule has 0 nitrogen and oxygen atoms in total. The van der Waals surface area contributed by atoms with Crippen molar-refractivity contribution in [3.8, 4) is 0 Å². The Bertz CT molecular complexity index is 585. The maximum Gasteiger partial charge on any atom is 0.0270 e. The molecule has 0 heterocycles. The van der Waals surface area contributed by atoms with Crippen molar-refractivity contribution in [1.82, 2.24) is 0 Å². The van der Waals surface area contributed by atoms with Gasteiger partial charge in [0.25, 0.3) is 0 Å². The summed E-state index contributed by atoms with van der Waals surface area (Å²) in [6, 6.07) is 8.10. The molecule has 0 aliphatic carbocycles. The van der Waals surface area contributed by atoms with E-state index in [0.29, 0.717) is 0 Å². The molecule has 0 spiro atoms. The molecular formula is C14H6Br6. The first-order valence-corrected chi connectivity index (χ1v) is 10.1. The van der Waals surface area contributed by atoms with E-state index in [-0.39, 0.29) is 0 Å². The average Bonchev–Trinajstić information content (AvgIpc) is 2.30. The van der Waals surface area contributed by atoms with Crippen molar-refractivity contribution in [1.29, 1.82) is 0 Å². The Kier molecular flexibility index (Phi) is 6.58. The second-order valence-corrected chi connectivity index (χ2v) is 9.15. The van der Waals surface area contributed by atoms with Gasteiger partial charge >= 0.3 is 0 Å². The maximum absolute atomic E-state index is 3.58. The van der Waals surface area contributed by atoms with Gasteiger partial charge in [0.05, 0.1) is 0 Å². The van der Waals surface area contributed by atoms with Crippen LogP contribution in [0.4, 0.5) is 0 Å². The predicted molar refractivity (Wildman–Crippen MR) is 108 cm³/mol. The standard InChI is InChI=1S/C14H6Br6/c15-7-3-11(17)9(12(18)4-7)1-2-10-13(19)5-8(16)6-14(10)20/h1-6H/b2-1-. The quantitative estimate of drug-likeness (QED) is 0.286. The Hall–Kier alpha value is 1.06. The van der Waals surface area contributed by atoms with Crippen LogP contribution in [-0.4, -0.2) is 0 Å². The van der Waals surface area contributed by atoms with E-state index in [9.17, 15) is 0 Å². The van der Waals surface area contributed by atoms with Crippen LogP contribution in [0, 0.1) is 0 Å². The largest absolute Gasteiger partial charge is 0.0520 e. The minimum Gasteiger partial charge on any atom is -0.0520 e. The lowest BCUT2D eigenvalue weighted by molar-refractivity contribution is 1.50. The van der Waals surface area contributed by atoms with Gasteiger partial charge < -0.3 is 0 Å². The van der Waals surface area contributed by atoms with Gasteiger partial charge in [0.2, 0.25) is 0 Å². The molecule has 0 N–H and O–H groups in total. The summed E-state index contributed by atoms with van der Waals surface area (Å²) in [5.74, 6) is 0. The van der Waals surface area contributed by atoms with E-state index in [0.717, 1.165) is 38.0 Å². The summed E-state index contributed by atoms with van der Waals surface area (Å²) in [4.78, 5) is 0. The van der Waals surface area contributed by atoms with Crippen molar-refractivity contribution in [2.75, 3.05) is 0 Å². The fraction of sp³-hybridized carbons (Fsp3) is 0. The topological polar surface area (TPSA) is 0 Å². The maximum atomic E-state index is 3.58. The smallest absolute Gasteiger partial charge is 0.0270 e. The van der Waals surface area contributed by atoms with E-state index in [2.05, 4.69) is 108 Å². The lowest BCUT2D eigenvalue weighted by atomic mass is 10.1. The third-order valence-electron chi connectivity index (χ3n) is 2.50. The van der Waals surface area contributed by atoms with E-state index in [1.165, 1.54) is 0 Å². The molecule has 0 fully saturated rings. The number of rotatable bonds is 2. The van der Waals surface area contributed by atoms with Gasteiger partial charge in [-0.3, -0.25) is 0 Å². The van der Waals surface area contributed by atoms with Crippen molar-refractivity contribution in [3.05, 3.63) is 62.2 Å². The average molecular weight is 654 g/mol. The molecule has 0 aliphatic rings. The van der Waals surface area contributed by atoms with Gasteiger partial charge in [0, 0.05) is 38.0 Å². The third kappa shape index (κ3) is 4.29. The Labute approximate surface area is 168 Å². The number of benzene rings is 2. The van der Waals surface area contributed by atoms with Crippen LogP contribution in [0.1, 0.15) is 11.1 Å². The summed E-state index contributed by atoms with van der Waals surface area (Å²) in [6.07, 6.45) is 4.14. The van der Waals surface area contributed by atoms with Crippen LogP contribution in [0.3, 0.4) is 0 Å². The van der Waals surface area contributed by atoms with Crippen LogP contribution < -0.4 is 0 Å². The molecule has 104 valence electrons. The molecule has 2 aromatic carbocycles. The second kappa shape index (κ2) is 7.55. The molecule has 2 rings (SSSR count). The first kappa shape index (κ1) is 17.4. The summed E-state index contributed by atoms with van der Waals surface area (Å²) in [5, 5.41) is 0. The molecule has 0 aromatic heterocycles. The highest BCUT2D eigenvalue weighted by Gasteiger charge is 2.06. The molecule has 2 aromatic rings. The van der Waals surface area contributed by atoms with Crippen molar-refractivity contribution in [2.45, 2.75) is 0 Å². The van der Waals surface area contributed by atoms with Crippen molar-refractivity contribution < 1.29 is 0 Å². The lowest BCUT2D eigenvalue weighted by Gasteiger charge is -2.06.